The molecule has 0 saturated heterocycles. The number of hydrogen-bond donors (Lipinski definition) is 0. The van der Waals surface area contributed by atoms with Gasteiger partial charge in [-0.15, -0.1) is 11.3 Å². The molecule has 0 unspecified atom stereocenters. The molecule has 0 radical (unpaired) electrons. The lowest BCUT2D eigenvalue weighted by atomic mass is 10.1. The van der Waals surface area contributed by atoms with Crippen LogP contribution < -0.4 is 0 Å². The summed E-state index contributed by atoms with van der Waals surface area (Å²) in [5, 5.41) is 1.79. The van der Waals surface area contributed by atoms with Crippen LogP contribution in [0.15, 0.2) is 46.0 Å². The average Bonchev–Trinajstić information content (AvgIpc) is 3.07. The second-order valence-electron chi connectivity index (χ2n) is 4.71. The van der Waals surface area contributed by atoms with Crippen molar-refractivity contribution in [2.75, 3.05) is 7.05 Å². The summed E-state index contributed by atoms with van der Waals surface area (Å²) in [6.07, 6.45) is 1.81. The minimum Gasteiger partial charge on any atom is -0.206 e. The smallest absolute Gasteiger partial charge is 0.206 e. The van der Waals surface area contributed by atoms with E-state index in [4.69, 9.17) is 0 Å². The first-order valence-corrected chi connectivity index (χ1v) is 8.52. The molecular formula is C14H15NO2S2. The van der Waals surface area contributed by atoms with Crippen LogP contribution in [0.3, 0.4) is 0 Å². The lowest BCUT2D eigenvalue weighted by Crippen LogP contribution is -2.29. The van der Waals surface area contributed by atoms with Gasteiger partial charge >= 0.3 is 0 Å². The minimum absolute atomic E-state index is 0.0386. The molecule has 1 aromatic heterocycles. The van der Waals surface area contributed by atoms with E-state index in [1.165, 1.54) is 21.2 Å². The summed E-state index contributed by atoms with van der Waals surface area (Å²) in [5.74, 6) is 0. The molecule has 1 aliphatic carbocycles. The molecule has 0 saturated carbocycles. The van der Waals surface area contributed by atoms with E-state index in [-0.39, 0.29) is 6.04 Å². The molecule has 3 nitrogen and oxygen atoms in total. The molecule has 1 heterocycles. The molecule has 0 amide bonds. The number of nitrogens with zero attached hydrogens (tertiary/aromatic N) is 1. The highest BCUT2D eigenvalue weighted by Crippen LogP contribution is 2.37. The maximum Gasteiger partial charge on any atom is 0.252 e. The largest absolute Gasteiger partial charge is 0.252 e. The zero-order chi connectivity index (χ0) is 13.5. The molecule has 1 aliphatic rings. The fourth-order valence-electron chi connectivity index (χ4n) is 2.63. The van der Waals surface area contributed by atoms with Crippen LogP contribution in [0.5, 0.6) is 0 Å². The fourth-order valence-corrected chi connectivity index (χ4v) is 5.17. The van der Waals surface area contributed by atoms with Crippen LogP contribution in [0.25, 0.3) is 0 Å². The maximum atomic E-state index is 12.5. The standard InChI is InChI=1S/C14H15NO2S2/c1-15(19(16,17)14-7-4-10-18-14)13-9-8-11-5-2-3-6-12(11)13/h2-7,10,13H,8-9H2,1H3/t13-/m1/s1. The Morgan fingerprint density at radius 1 is 1.21 bits per heavy atom. The highest BCUT2D eigenvalue weighted by molar-refractivity contribution is 7.91. The molecule has 0 bridgehead atoms. The number of hydrogen-bond acceptors (Lipinski definition) is 3. The highest BCUT2D eigenvalue weighted by Gasteiger charge is 2.33. The van der Waals surface area contributed by atoms with Gasteiger partial charge < -0.3 is 0 Å². The number of fused-ring (bicyclic) bond motifs is 1. The number of sulfonamides is 1. The molecule has 0 aliphatic heterocycles. The Kier molecular flexibility index (Phi) is 3.20. The highest BCUT2D eigenvalue weighted by atomic mass is 32.2. The van der Waals surface area contributed by atoms with E-state index in [0.717, 1.165) is 18.4 Å². The average molecular weight is 293 g/mol. The van der Waals surface area contributed by atoms with Crippen molar-refractivity contribution < 1.29 is 8.42 Å². The van der Waals surface area contributed by atoms with Crippen LogP contribution in [-0.4, -0.2) is 19.8 Å². The summed E-state index contributed by atoms with van der Waals surface area (Å²) >= 11 is 1.27. The van der Waals surface area contributed by atoms with Crippen LogP contribution in [0.4, 0.5) is 0 Å². The summed E-state index contributed by atoms with van der Waals surface area (Å²) in [6, 6.07) is 11.5. The van der Waals surface area contributed by atoms with E-state index in [1.807, 2.05) is 18.2 Å². The first-order valence-electron chi connectivity index (χ1n) is 6.20. The van der Waals surface area contributed by atoms with Gasteiger partial charge in [-0.05, 0) is 35.4 Å². The summed E-state index contributed by atoms with van der Waals surface area (Å²) in [5.41, 5.74) is 2.41. The van der Waals surface area contributed by atoms with Crippen LogP contribution in [0.2, 0.25) is 0 Å². The Morgan fingerprint density at radius 3 is 2.74 bits per heavy atom. The number of rotatable bonds is 3. The zero-order valence-electron chi connectivity index (χ0n) is 10.6. The zero-order valence-corrected chi connectivity index (χ0v) is 12.2. The first kappa shape index (κ1) is 12.8. The van der Waals surface area contributed by atoms with Gasteiger partial charge in [-0.1, -0.05) is 30.3 Å². The van der Waals surface area contributed by atoms with Gasteiger partial charge in [0.05, 0.1) is 6.04 Å². The van der Waals surface area contributed by atoms with Crippen molar-refractivity contribution in [1.29, 1.82) is 0 Å². The molecule has 100 valence electrons. The summed E-state index contributed by atoms with van der Waals surface area (Å²) in [7, 11) is -1.69. The molecule has 19 heavy (non-hydrogen) atoms. The predicted octanol–water partition coefficient (Wildman–Crippen LogP) is 3.06. The molecule has 1 aromatic carbocycles. The molecule has 5 heteroatoms. The lowest BCUT2D eigenvalue weighted by molar-refractivity contribution is 0.375. The van der Waals surface area contributed by atoms with E-state index in [1.54, 1.807) is 24.6 Å². The van der Waals surface area contributed by atoms with Crippen LogP contribution in [0, 0.1) is 0 Å². The number of thiophene rings is 1. The van der Waals surface area contributed by atoms with E-state index in [9.17, 15) is 8.42 Å². The van der Waals surface area contributed by atoms with Gasteiger partial charge in [-0.2, -0.15) is 4.31 Å². The van der Waals surface area contributed by atoms with Gasteiger partial charge in [0.15, 0.2) is 0 Å². The SMILES string of the molecule is CN([C@@H]1CCc2ccccc21)S(=O)(=O)c1cccs1. The predicted molar refractivity (Wildman–Crippen MR) is 76.8 cm³/mol. The third-order valence-corrected chi connectivity index (χ3v) is 6.91. The Hall–Kier alpha value is -1.17. The topological polar surface area (TPSA) is 37.4 Å². The van der Waals surface area contributed by atoms with Crippen molar-refractivity contribution in [3.8, 4) is 0 Å². The van der Waals surface area contributed by atoms with Crippen molar-refractivity contribution in [3.05, 3.63) is 52.9 Å². The van der Waals surface area contributed by atoms with Gasteiger partial charge in [-0.3, -0.25) is 0 Å². The quantitative estimate of drug-likeness (QED) is 0.872. The van der Waals surface area contributed by atoms with Gasteiger partial charge in [0.2, 0.25) is 0 Å². The third kappa shape index (κ3) is 2.12. The van der Waals surface area contributed by atoms with E-state index in [2.05, 4.69) is 6.07 Å². The molecule has 3 rings (SSSR count). The van der Waals surface area contributed by atoms with Crippen molar-refractivity contribution in [1.82, 2.24) is 4.31 Å². The van der Waals surface area contributed by atoms with Crippen LogP contribution >= 0.6 is 11.3 Å². The van der Waals surface area contributed by atoms with E-state index in [0.29, 0.717) is 4.21 Å². The van der Waals surface area contributed by atoms with Crippen molar-refractivity contribution >= 4 is 21.4 Å². The Bertz CT molecular complexity index is 677. The normalized spacial score (nSPS) is 18.7. The molecule has 1 atom stereocenters. The van der Waals surface area contributed by atoms with Crippen molar-refractivity contribution in [2.45, 2.75) is 23.1 Å². The van der Waals surface area contributed by atoms with Crippen molar-refractivity contribution in [3.63, 3.8) is 0 Å². The van der Waals surface area contributed by atoms with Crippen molar-refractivity contribution in [2.24, 2.45) is 0 Å². The third-order valence-electron chi connectivity index (χ3n) is 3.67. The summed E-state index contributed by atoms with van der Waals surface area (Å²) in [4.78, 5) is 0. The van der Waals surface area contributed by atoms with Crippen LogP contribution in [-0.2, 0) is 16.4 Å². The second kappa shape index (κ2) is 4.74. The fraction of sp³-hybridized carbons (Fsp3) is 0.286. The second-order valence-corrected chi connectivity index (χ2v) is 7.88. The lowest BCUT2D eigenvalue weighted by Gasteiger charge is -2.24. The molecule has 0 spiro atoms. The molecule has 2 aromatic rings. The summed E-state index contributed by atoms with van der Waals surface area (Å²) < 4.78 is 27.0. The Balaban J connectivity index is 1.97. The minimum atomic E-state index is -3.37. The van der Waals surface area contributed by atoms with Gasteiger partial charge in [0.1, 0.15) is 4.21 Å². The monoisotopic (exact) mass is 293 g/mol. The first-order chi connectivity index (χ1) is 9.10. The van der Waals surface area contributed by atoms with Gasteiger partial charge in [0.25, 0.3) is 10.0 Å². The Labute approximate surface area is 117 Å². The number of benzene rings is 1. The van der Waals surface area contributed by atoms with Gasteiger partial charge in [0, 0.05) is 7.05 Å². The van der Waals surface area contributed by atoms with Crippen LogP contribution in [0.1, 0.15) is 23.6 Å². The van der Waals surface area contributed by atoms with E-state index >= 15 is 0 Å². The molecular weight excluding hydrogens is 278 g/mol. The molecule has 0 fully saturated rings. The summed E-state index contributed by atoms with van der Waals surface area (Å²) in [6.45, 7) is 0. The van der Waals surface area contributed by atoms with Gasteiger partial charge in [-0.25, -0.2) is 8.42 Å². The Morgan fingerprint density at radius 2 is 2.00 bits per heavy atom. The molecule has 0 N–H and O–H groups in total. The van der Waals surface area contributed by atoms with E-state index < -0.39 is 10.0 Å². The maximum absolute atomic E-state index is 12.5. The number of aryl methyl sites for hydroxylation is 1.